The van der Waals surface area contributed by atoms with Crippen molar-refractivity contribution in [2.24, 2.45) is 0 Å². The molecule has 146 valence electrons. The van der Waals surface area contributed by atoms with E-state index in [0.29, 0.717) is 23.7 Å². The maximum absolute atomic E-state index is 12.8. The lowest BCUT2D eigenvalue weighted by atomic mass is 10.1. The second-order valence-electron chi connectivity index (χ2n) is 6.70. The van der Waals surface area contributed by atoms with Crippen LogP contribution >= 0.6 is 11.6 Å². The number of amides is 1. The van der Waals surface area contributed by atoms with Crippen LogP contribution in [0.5, 0.6) is 5.75 Å². The van der Waals surface area contributed by atoms with Gasteiger partial charge in [-0.2, -0.15) is 5.10 Å². The molecule has 0 spiro atoms. The van der Waals surface area contributed by atoms with Gasteiger partial charge in [-0.05, 0) is 61.4 Å². The van der Waals surface area contributed by atoms with Crippen LogP contribution in [0.1, 0.15) is 34.1 Å². The molecule has 1 aromatic heterocycles. The SMILES string of the molecule is CCn1nccc1CN(C)C(=O)c1cccc(COc2ccc(Cl)cc2C)c1. The molecule has 1 heterocycles. The van der Waals surface area contributed by atoms with Gasteiger partial charge < -0.3 is 9.64 Å². The van der Waals surface area contributed by atoms with E-state index in [-0.39, 0.29) is 5.91 Å². The maximum Gasteiger partial charge on any atom is 0.253 e. The van der Waals surface area contributed by atoms with Crippen molar-refractivity contribution in [3.8, 4) is 5.75 Å². The van der Waals surface area contributed by atoms with Crippen LogP contribution in [0.3, 0.4) is 0 Å². The first-order valence-electron chi connectivity index (χ1n) is 9.22. The number of hydrogen-bond acceptors (Lipinski definition) is 3. The van der Waals surface area contributed by atoms with E-state index in [0.717, 1.165) is 29.1 Å². The molecule has 0 saturated carbocycles. The first-order chi connectivity index (χ1) is 13.5. The van der Waals surface area contributed by atoms with E-state index >= 15 is 0 Å². The van der Waals surface area contributed by atoms with E-state index in [4.69, 9.17) is 16.3 Å². The zero-order valence-corrected chi connectivity index (χ0v) is 17.1. The Morgan fingerprint density at radius 3 is 2.79 bits per heavy atom. The topological polar surface area (TPSA) is 47.4 Å². The van der Waals surface area contributed by atoms with Crippen LogP contribution in [0.4, 0.5) is 0 Å². The normalized spacial score (nSPS) is 10.7. The summed E-state index contributed by atoms with van der Waals surface area (Å²) in [6.07, 6.45) is 1.76. The molecule has 0 aliphatic carbocycles. The van der Waals surface area contributed by atoms with Gasteiger partial charge in [0.05, 0.1) is 12.2 Å². The van der Waals surface area contributed by atoms with Crippen LogP contribution in [0.25, 0.3) is 0 Å². The van der Waals surface area contributed by atoms with Crippen molar-refractivity contribution in [3.05, 3.63) is 82.1 Å². The number of benzene rings is 2. The van der Waals surface area contributed by atoms with Crippen LogP contribution in [0.15, 0.2) is 54.7 Å². The summed E-state index contributed by atoms with van der Waals surface area (Å²) in [5.41, 5.74) is 3.56. The van der Waals surface area contributed by atoms with E-state index in [9.17, 15) is 4.79 Å². The van der Waals surface area contributed by atoms with Crippen molar-refractivity contribution in [2.45, 2.75) is 33.5 Å². The summed E-state index contributed by atoms with van der Waals surface area (Å²) in [6.45, 7) is 5.66. The van der Waals surface area contributed by atoms with Crippen molar-refractivity contribution >= 4 is 17.5 Å². The van der Waals surface area contributed by atoms with E-state index in [1.165, 1.54) is 0 Å². The van der Waals surface area contributed by atoms with Crippen molar-refractivity contribution < 1.29 is 9.53 Å². The van der Waals surface area contributed by atoms with Gasteiger partial charge >= 0.3 is 0 Å². The Hall–Kier alpha value is -2.79. The number of nitrogens with zero attached hydrogens (tertiary/aromatic N) is 3. The van der Waals surface area contributed by atoms with Crippen LogP contribution in [-0.2, 0) is 19.7 Å². The smallest absolute Gasteiger partial charge is 0.253 e. The van der Waals surface area contributed by atoms with Gasteiger partial charge in [0.15, 0.2) is 0 Å². The summed E-state index contributed by atoms with van der Waals surface area (Å²) in [4.78, 5) is 14.5. The molecule has 0 radical (unpaired) electrons. The molecule has 0 saturated heterocycles. The van der Waals surface area contributed by atoms with Crippen LogP contribution in [0.2, 0.25) is 5.02 Å². The molecule has 6 heteroatoms. The lowest BCUT2D eigenvalue weighted by Gasteiger charge is -2.18. The molecule has 0 aliphatic rings. The molecule has 0 N–H and O–H groups in total. The molecule has 0 bridgehead atoms. The Morgan fingerprint density at radius 1 is 1.21 bits per heavy atom. The third-order valence-corrected chi connectivity index (χ3v) is 4.79. The fourth-order valence-corrected chi connectivity index (χ4v) is 3.27. The van der Waals surface area contributed by atoms with E-state index in [1.807, 2.05) is 61.0 Å². The second-order valence-corrected chi connectivity index (χ2v) is 7.13. The summed E-state index contributed by atoms with van der Waals surface area (Å²) in [5.74, 6) is 0.749. The summed E-state index contributed by atoms with van der Waals surface area (Å²) in [6, 6.07) is 15.0. The average molecular weight is 398 g/mol. The van der Waals surface area contributed by atoms with Gasteiger partial charge in [0.25, 0.3) is 5.91 Å². The van der Waals surface area contributed by atoms with Crippen molar-refractivity contribution in [1.82, 2.24) is 14.7 Å². The average Bonchev–Trinajstić information content (AvgIpc) is 3.14. The molecular formula is C22H24ClN3O2. The van der Waals surface area contributed by atoms with Gasteiger partial charge in [-0.1, -0.05) is 23.7 Å². The summed E-state index contributed by atoms with van der Waals surface area (Å²) in [7, 11) is 1.80. The quantitative estimate of drug-likeness (QED) is 0.579. The monoisotopic (exact) mass is 397 g/mol. The van der Waals surface area contributed by atoms with Gasteiger partial charge in [0, 0.05) is 30.4 Å². The van der Waals surface area contributed by atoms with Gasteiger partial charge in [-0.25, -0.2) is 0 Å². The highest BCUT2D eigenvalue weighted by atomic mass is 35.5. The summed E-state index contributed by atoms with van der Waals surface area (Å²) < 4.78 is 7.78. The van der Waals surface area contributed by atoms with Crippen molar-refractivity contribution in [2.75, 3.05) is 7.05 Å². The van der Waals surface area contributed by atoms with Gasteiger partial charge in [0.2, 0.25) is 0 Å². The highest BCUT2D eigenvalue weighted by molar-refractivity contribution is 6.30. The fraction of sp³-hybridized carbons (Fsp3) is 0.273. The second kappa shape index (κ2) is 8.93. The number of carbonyl (C=O) groups is 1. The molecule has 5 nitrogen and oxygen atoms in total. The predicted octanol–water partition coefficient (Wildman–Crippen LogP) is 4.72. The Bertz CT molecular complexity index is 968. The number of aryl methyl sites for hydroxylation is 2. The molecule has 3 aromatic rings. The predicted molar refractivity (Wildman–Crippen MR) is 111 cm³/mol. The Kier molecular flexibility index (Phi) is 6.37. The Morgan fingerprint density at radius 2 is 2.04 bits per heavy atom. The molecule has 28 heavy (non-hydrogen) atoms. The third kappa shape index (κ3) is 4.73. The zero-order valence-electron chi connectivity index (χ0n) is 16.4. The van der Waals surface area contributed by atoms with E-state index in [1.54, 1.807) is 24.2 Å². The third-order valence-electron chi connectivity index (χ3n) is 4.56. The van der Waals surface area contributed by atoms with Crippen molar-refractivity contribution in [1.29, 1.82) is 0 Å². The molecular weight excluding hydrogens is 374 g/mol. The minimum atomic E-state index is -0.0339. The first-order valence-corrected chi connectivity index (χ1v) is 9.59. The lowest BCUT2D eigenvalue weighted by molar-refractivity contribution is 0.0781. The minimum Gasteiger partial charge on any atom is -0.489 e. The number of aromatic nitrogens is 2. The molecule has 0 fully saturated rings. The van der Waals surface area contributed by atoms with Crippen LogP contribution in [-0.4, -0.2) is 27.6 Å². The zero-order chi connectivity index (χ0) is 20.1. The van der Waals surface area contributed by atoms with Crippen molar-refractivity contribution in [3.63, 3.8) is 0 Å². The summed E-state index contributed by atoms with van der Waals surface area (Å²) in [5, 5.41) is 4.94. The lowest BCUT2D eigenvalue weighted by Crippen LogP contribution is -2.27. The maximum atomic E-state index is 12.8. The molecule has 2 aromatic carbocycles. The number of rotatable bonds is 7. The Balaban J connectivity index is 1.67. The number of ether oxygens (including phenoxy) is 1. The highest BCUT2D eigenvalue weighted by Crippen LogP contribution is 2.23. The molecule has 0 unspecified atom stereocenters. The van der Waals surface area contributed by atoms with Gasteiger partial charge in [0.1, 0.15) is 12.4 Å². The fourth-order valence-electron chi connectivity index (χ4n) is 3.04. The molecule has 1 amide bonds. The Labute approximate surface area is 170 Å². The number of carbonyl (C=O) groups excluding carboxylic acids is 1. The molecule has 0 atom stereocenters. The van der Waals surface area contributed by atoms with E-state index < -0.39 is 0 Å². The summed E-state index contributed by atoms with van der Waals surface area (Å²) >= 11 is 5.99. The molecule has 0 aliphatic heterocycles. The molecule has 3 rings (SSSR count). The highest BCUT2D eigenvalue weighted by Gasteiger charge is 2.14. The largest absolute Gasteiger partial charge is 0.489 e. The number of hydrogen-bond donors (Lipinski definition) is 0. The number of halogens is 1. The van der Waals surface area contributed by atoms with Crippen LogP contribution < -0.4 is 4.74 Å². The minimum absolute atomic E-state index is 0.0339. The first kappa shape index (κ1) is 20.0. The standard InChI is InChI=1S/C22H24ClN3O2/c1-4-26-20(10-11-24-26)14-25(3)22(27)18-7-5-6-17(13-18)15-28-21-9-8-19(23)12-16(21)2/h5-13H,4,14-15H2,1-3H3. The van der Waals surface area contributed by atoms with Gasteiger partial charge in [-0.3, -0.25) is 9.48 Å². The van der Waals surface area contributed by atoms with Gasteiger partial charge in [-0.15, -0.1) is 0 Å². The van der Waals surface area contributed by atoms with Crippen LogP contribution in [0, 0.1) is 6.92 Å². The van der Waals surface area contributed by atoms with E-state index in [2.05, 4.69) is 5.10 Å².